The van der Waals surface area contributed by atoms with Gasteiger partial charge in [-0.2, -0.15) is 0 Å². The molecule has 1 aliphatic rings. The largest absolute Gasteiger partial charge is 0.481 e. The number of aliphatic carboxylic acids is 1. The van der Waals surface area contributed by atoms with Crippen molar-refractivity contribution in [1.29, 1.82) is 0 Å². The number of likely N-dealkylation sites (tertiary alicyclic amines) is 1. The Morgan fingerprint density at radius 1 is 1.40 bits per heavy atom. The Balaban J connectivity index is 2.39. The first-order valence-electron chi connectivity index (χ1n) is 5.94. The molecule has 2 unspecified atom stereocenters. The molecule has 0 saturated carbocycles. The molecule has 3 heteroatoms. The summed E-state index contributed by atoms with van der Waals surface area (Å²) >= 11 is 0. The standard InChI is InChI=1S/C12H23NO2/c1-5-11(8(2)3)13-6-10(7-13)9(4)12(14)15/h8-11H,5-7H2,1-4H3,(H,14,15). The highest BCUT2D eigenvalue weighted by Gasteiger charge is 2.38. The van der Waals surface area contributed by atoms with Crippen molar-refractivity contribution in [3.63, 3.8) is 0 Å². The molecular formula is C12H23NO2. The van der Waals surface area contributed by atoms with Gasteiger partial charge in [-0.05, 0) is 18.3 Å². The summed E-state index contributed by atoms with van der Waals surface area (Å²) in [6.45, 7) is 10.4. The third-order valence-corrected chi connectivity index (χ3v) is 3.69. The summed E-state index contributed by atoms with van der Waals surface area (Å²) in [7, 11) is 0. The number of carbonyl (C=O) groups is 1. The summed E-state index contributed by atoms with van der Waals surface area (Å²) in [6, 6.07) is 0.627. The first kappa shape index (κ1) is 12.5. The lowest BCUT2D eigenvalue weighted by Gasteiger charge is -2.47. The van der Waals surface area contributed by atoms with Crippen LogP contribution < -0.4 is 0 Å². The van der Waals surface area contributed by atoms with Gasteiger partial charge in [0.05, 0.1) is 5.92 Å². The molecule has 15 heavy (non-hydrogen) atoms. The SMILES string of the molecule is CCC(C(C)C)N1CC(C(C)C(=O)O)C1. The van der Waals surface area contributed by atoms with Crippen LogP contribution in [-0.4, -0.2) is 35.1 Å². The van der Waals surface area contributed by atoms with Crippen LogP contribution >= 0.6 is 0 Å². The summed E-state index contributed by atoms with van der Waals surface area (Å²) in [6.07, 6.45) is 1.16. The van der Waals surface area contributed by atoms with Gasteiger partial charge in [-0.3, -0.25) is 9.69 Å². The maximum Gasteiger partial charge on any atom is 0.306 e. The average Bonchev–Trinajstić information content (AvgIpc) is 2.08. The van der Waals surface area contributed by atoms with E-state index in [2.05, 4.69) is 25.7 Å². The number of nitrogens with zero attached hydrogens (tertiary/aromatic N) is 1. The molecular weight excluding hydrogens is 190 g/mol. The highest BCUT2D eigenvalue weighted by Crippen LogP contribution is 2.29. The van der Waals surface area contributed by atoms with E-state index in [4.69, 9.17) is 5.11 Å². The van der Waals surface area contributed by atoms with Crippen LogP contribution in [0.5, 0.6) is 0 Å². The van der Waals surface area contributed by atoms with Crippen LogP contribution in [0.15, 0.2) is 0 Å². The highest BCUT2D eigenvalue weighted by molar-refractivity contribution is 5.70. The van der Waals surface area contributed by atoms with Crippen molar-refractivity contribution in [3.8, 4) is 0 Å². The molecule has 0 aliphatic carbocycles. The molecule has 1 saturated heterocycles. The number of carboxylic acid groups (broad SMARTS) is 1. The molecule has 0 aromatic heterocycles. The molecule has 1 rings (SSSR count). The smallest absolute Gasteiger partial charge is 0.306 e. The van der Waals surface area contributed by atoms with Gasteiger partial charge in [-0.25, -0.2) is 0 Å². The molecule has 0 aromatic rings. The van der Waals surface area contributed by atoms with Gasteiger partial charge in [0.25, 0.3) is 0 Å². The summed E-state index contributed by atoms with van der Waals surface area (Å²) in [5.41, 5.74) is 0. The Morgan fingerprint density at radius 3 is 2.27 bits per heavy atom. The molecule has 0 radical (unpaired) electrons. The average molecular weight is 213 g/mol. The van der Waals surface area contributed by atoms with Crippen LogP contribution in [0.3, 0.4) is 0 Å². The molecule has 0 bridgehead atoms. The second kappa shape index (κ2) is 4.97. The Kier molecular flexibility index (Phi) is 4.14. The minimum absolute atomic E-state index is 0.189. The van der Waals surface area contributed by atoms with Gasteiger partial charge < -0.3 is 5.11 Å². The Labute approximate surface area is 92.5 Å². The third-order valence-electron chi connectivity index (χ3n) is 3.69. The molecule has 1 N–H and O–H groups in total. The van der Waals surface area contributed by atoms with Gasteiger partial charge in [0.1, 0.15) is 0 Å². The van der Waals surface area contributed by atoms with Gasteiger partial charge in [0.2, 0.25) is 0 Å². The highest BCUT2D eigenvalue weighted by atomic mass is 16.4. The monoisotopic (exact) mass is 213 g/mol. The number of rotatable bonds is 5. The van der Waals surface area contributed by atoms with E-state index >= 15 is 0 Å². The minimum atomic E-state index is -0.655. The molecule has 0 spiro atoms. The number of hydrogen-bond donors (Lipinski definition) is 1. The van der Waals surface area contributed by atoms with Gasteiger partial charge in [0, 0.05) is 19.1 Å². The molecule has 1 heterocycles. The van der Waals surface area contributed by atoms with Crippen molar-refractivity contribution in [2.45, 2.75) is 40.2 Å². The van der Waals surface area contributed by atoms with Crippen molar-refractivity contribution in [2.75, 3.05) is 13.1 Å². The zero-order valence-corrected chi connectivity index (χ0v) is 10.2. The van der Waals surface area contributed by atoms with Crippen LogP contribution in [-0.2, 0) is 4.79 Å². The second-order valence-electron chi connectivity index (χ2n) is 5.06. The van der Waals surface area contributed by atoms with Crippen LogP contribution in [0.25, 0.3) is 0 Å². The predicted molar refractivity (Wildman–Crippen MR) is 60.8 cm³/mol. The van der Waals surface area contributed by atoms with Gasteiger partial charge >= 0.3 is 5.97 Å². The molecule has 0 aromatic carbocycles. The molecule has 3 nitrogen and oxygen atoms in total. The Hall–Kier alpha value is -0.570. The lowest BCUT2D eigenvalue weighted by atomic mass is 9.84. The summed E-state index contributed by atoms with van der Waals surface area (Å²) in [4.78, 5) is 13.2. The summed E-state index contributed by atoms with van der Waals surface area (Å²) in [5, 5.41) is 8.89. The Morgan fingerprint density at radius 2 is 1.93 bits per heavy atom. The molecule has 1 fully saturated rings. The van der Waals surface area contributed by atoms with Gasteiger partial charge in [-0.1, -0.05) is 27.7 Å². The number of carboxylic acids is 1. The minimum Gasteiger partial charge on any atom is -0.481 e. The van der Waals surface area contributed by atoms with E-state index in [-0.39, 0.29) is 5.92 Å². The van der Waals surface area contributed by atoms with E-state index in [1.165, 1.54) is 0 Å². The van der Waals surface area contributed by atoms with Crippen LogP contribution in [0.4, 0.5) is 0 Å². The fourth-order valence-electron chi connectivity index (χ4n) is 2.49. The Bertz CT molecular complexity index is 222. The molecule has 88 valence electrons. The zero-order valence-electron chi connectivity index (χ0n) is 10.2. The zero-order chi connectivity index (χ0) is 11.6. The normalized spacial score (nSPS) is 22.5. The first-order chi connectivity index (χ1) is 6.97. The molecule has 0 amide bonds. The summed E-state index contributed by atoms with van der Waals surface area (Å²) < 4.78 is 0. The molecule has 2 atom stereocenters. The third kappa shape index (κ3) is 2.71. The van der Waals surface area contributed by atoms with E-state index in [0.29, 0.717) is 17.9 Å². The van der Waals surface area contributed by atoms with Gasteiger partial charge in [-0.15, -0.1) is 0 Å². The van der Waals surface area contributed by atoms with Gasteiger partial charge in [0.15, 0.2) is 0 Å². The second-order valence-corrected chi connectivity index (χ2v) is 5.06. The fraction of sp³-hybridized carbons (Fsp3) is 0.917. The lowest BCUT2D eigenvalue weighted by Crippen LogP contribution is -2.56. The molecule has 1 aliphatic heterocycles. The van der Waals surface area contributed by atoms with E-state index in [0.717, 1.165) is 19.5 Å². The van der Waals surface area contributed by atoms with Crippen molar-refractivity contribution >= 4 is 5.97 Å². The maximum absolute atomic E-state index is 10.8. The fourth-order valence-corrected chi connectivity index (χ4v) is 2.49. The van der Waals surface area contributed by atoms with Crippen molar-refractivity contribution < 1.29 is 9.90 Å². The van der Waals surface area contributed by atoms with Crippen molar-refractivity contribution in [2.24, 2.45) is 17.8 Å². The van der Waals surface area contributed by atoms with E-state index in [9.17, 15) is 4.79 Å². The quantitative estimate of drug-likeness (QED) is 0.760. The van der Waals surface area contributed by atoms with E-state index in [1.54, 1.807) is 0 Å². The summed E-state index contributed by atoms with van der Waals surface area (Å²) in [5.74, 6) is 0.176. The van der Waals surface area contributed by atoms with Crippen LogP contribution in [0.2, 0.25) is 0 Å². The topological polar surface area (TPSA) is 40.5 Å². The first-order valence-corrected chi connectivity index (χ1v) is 5.94. The number of hydrogen-bond acceptors (Lipinski definition) is 2. The van der Waals surface area contributed by atoms with E-state index in [1.807, 2.05) is 6.92 Å². The lowest BCUT2D eigenvalue weighted by molar-refractivity contribution is -0.146. The van der Waals surface area contributed by atoms with Crippen LogP contribution in [0.1, 0.15) is 34.1 Å². The van der Waals surface area contributed by atoms with Crippen molar-refractivity contribution in [1.82, 2.24) is 4.90 Å². The van der Waals surface area contributed by atoms with E-state index < -0.39 is 5.97 Å². The maximum atomic E-state index is 10.8. The van der Waals surface area contributed by atoms with Crippen LogP contribution in [0, 0.1) is 17.8 Å². The van der Waals surface area contributed by atoms with Crippen molar-refractivity contribution in [3.05, 3.63) is 0 Å². The predicted octanol–water partition coefficient (Wildman–Crippen LogP) is 2.07.